The first kappa shape index (κ1) is 27.0. The summed E-state index contributed by atoms with van der Waals surface area (Å²) in [4.78, 5) is 0. The van der Waals surface area contributed by atoms with Crippen molar-refractivity contribution in [2.45, 2.75) is 168 Å². The van der Waals surface area contributed by atoms with Gasteiger partial charge < -0.3 is 5.73 Å². The van der Waals surface area contributed by atoms with Gasteiger partial charge >= 0.3 is 0 Å². The van der Waals surface area contributed by atoms with E-state index in [1.807, 2.05) is 0 Å². The molecule has 0 bridgehead atoms. The van der Waals surface area contributed by atoms with Crippen LogP contribution in [0.3, 0.4) is 0 Å². The summed E-state index contributed by atoms with van der Waals surface area (Å²) in [6.45, 7) is 4.42. The summed E-state index contributed by atoms with van der Waals surface area (Å²) in [5, 5.41) is 0. The first-order chi connectivity index (χ1) is 13.3. The minimum absolute atomic E-state index is 0.398. The molecule has 0 spiro atoms. The Morgan fingerprint density at radius 3 is 0.852 bits per heavy atom. The van der Waals surface area contributed by atoms with E-state index in [1.165, 1.54) is 148 Å². The van der Waals surface area contributed by atoms with Crippen LogP contribution in [0, 0.1) is 0 Å². The molecule has 27 heavy (non-hydrogen) atoms. The van der Waals surface area contributed by atoms with E-state index in [0.29, 0.717) is 6.04 Å². The van der Waals surface area contributed by atoms with Crippen molar-refractivity contribution in [3.05, 3.63) is 0 Å². The lowest BCUT2D eigenvalue weighted by atomic mass is 10.0. The van der Waals surface area contributed by atoms with Crippen molar-refractivity contribution in [2.75, 3.05) is 0 Å². The first-order valence-electron chi connectivity index (χ1n) is 13.0. The summed E-state index contributed by atoms with van der Waals surface area (Å²) < 4.78 is 0. The maximum atomic E-state index is 5.78. The number of hydrogen-bond donors (Lipinski definition) is 1. The average Bonchev–Trinajstić information content (AvgIpc) is 2.65. The lowest BCUT2D eigenvalue weighted by Crippen LogP contribution is -2.13. The monoisotopic (exact) mass is 381 g/mol. The standard InChI is InChI=1S/C26H55N/c1-3-4-5-6-7-8-9-10-11-12-13-14-15-16-17-18-19-20-21-22-23-24-25-26(2)27/h26H,3-25,27H2,1-2H3. The molecule has 0 aromatic rings. The molecule has 0 aliphatic carbocycles. The highest BCUT2D eigenvalue weighted by molar-refractivity contribution is 4.54. The molecule has 0 heterocycles. The second kappa shape index (κ2) is 24.0. The van der Waals surface area contributed by atoms with Crippen molar-refractivity contribution >= 4 is 0 Å². The zero-order valence-corrected chi connectivity index (χ0v) is 19.4. The second-order valence-electron chi connectivity index (χ2n) is 9.19. The highest BCUT2D eigenvalue weighted by atomic mass is 14.6. The van der Waals surface area contributed by atoms with Crippen LogP contribution < -0.4 is 5.73 Å². The lowest BCUT2D eigenvalue weighted by Gasteiger charge is -2.05. The third-order valence-corrected chi connectivity index (χ3v) is 6.01. The van der Waals surface area contributed by atoms with Gasteiger partial charge in [-0.2, -0.15) is 0 Å². The minimum Gasteiger partial charge on any atom is -0.328 e. The van der Waals surface area contributed by atoms with Crippen LogP contribution in [-0.2, 0) is 0 Å². The van der Waals surface area contributed by atoms with E-state index in [1.54, 1.807) is 0 Å². The molecular weight excluding hydrogens is 326 g/mol. The third-order valence-electron chi connectivity index (χ3n) is 6.01. The fourth-order valence-corrected chi connectivity index (χ4v) is 4.08. The van der Waals surface area contributed by atoms with Gasteiger partial charge in [-0.05, 0) is 13.3 Å². The van der Waals surface area contributed by atoms with Crippen molar-refractivity contribution in [3.63, 3.8) is 0 Å². The molecule has 1 nitrogen and oxygen atoms in total. The molecule has 2 N–H and O–H groups in total. The molecule has 0 aliphatic heterocycles. The fourth-order valence-electron chi connectivity index (χ4n) is 4.08. The summed E-state index contributed by atoms with van der Waals surface area (Å²) in [6, 6.07) is 0.398. The van der Waals surface area contributed by atoms with E-state index in [0.717, 1.165) is 0 Å². The van der Waals surface area contributed by atoms with Gasteiger partial charge in [0.1, 0.15) is 0 Å². The van der Waals surface area contributed by atoms with Gasteiger partial charge in [0, 0.05) is 6.04 Å². The quantitative estimate of drug-likeness (QED) is 0.175. The van der Waals surface area contributed by atoms with Crippen LogP contribution >= 0.6 is 0 Å². The largest absolute Gasteiger partial charge is 0.328 e. The lowest BCUT2D eigenvalue weighted by molar-refractivity contribution is 0.514. The zero-order valence-electron chi connectivity index (χ0n) is 19.4. The average molecular weight is 382 g/mol. The van der Waals surface area contributed by atoms with Gasteiger partial charge in [0.25, 0.3) is 0 Å². The Hall–Kier alpha value is -0.0400. The van der Waals surface area contributed by atoms with E-state index in [2.05, 4.69) is 13.8 Å². The van der Waals surface area contributed by atoms with Crippen LogP contribution in [0.15, 0.2) is 0 Å². The highest BCUT2D eigenvalue weighted by Crippen LogP contribution is 2.15. The van der Waals surface area contributed by atoms with Gasteiger partial charge in [-0.1, -0.05) is 148 Å². The molecule has 0 aliphatic rings. The molecule has 1 heteroatoms. The van der Waals surface area contributed by atoms with Crippen LogP contribution in [0.4, 0.5) is 0 Å². The Labute approximate surface area is 173 Å². The maximum Gasteiger partial charge on any atom is 0.00104 e. The molecule has 0 aromatic carbocycles. The fraction of sp³-hybridized carbons (Fsp3) is 1.00. The second-order valence-corrected chi connectivity index (χ2v) is 9.19. The Morgan fingerprint density at radius 2 is 0.630 bits per heavy atom. The molecule has 0 radical (unpaired) electrons. The molecule has 0 amide bonds. The molecule has 0 saturated heterocycles. The van der Waals surface area contributed by atoms with E-state index < -0.39 is 0 Å². The first-order valence-corrected chi connectivity index (χ1v) is 13.0. The van der Waals surface area contributed by atoms with Gasteiger partial charge in [0.15, 0.2) is 0 Å². The van der Waals surface area contributed by atoms with Crippen molar-refractivity contribution in [3.8, 4) is 0 Å². The van der Waals surface area contributed by atoms with Gasteiger partial charge in [-0.15, -0.1) is 0 Å². The van der Waals surface area contributed by atoms with Crippen LogP contribution in [0.5, 0.6) is 0 Å². The van der Waals surface area contributed by atoms with Gasteiger partial charge in [0.05, 0.1) is 0 Å². The molecule has 1 unspecified atom stereocenters. The van der Waals surface area contributed by atoms with Gasteiger partial charge in [-0.3, -0.25) is 0 Å². The predicted octanol–water partition coefficient (Wildman–Crippen LogP) is 9.33. The summed E-state index contributed by atoms with van der Waals surface area (Å²) >= 11 is 0. The van der Waals surface area contributed by atoms with Crippen LogP contribution in [0.2, 0.25) is 0 Å². The van der Waals surface area contributed by atoms with Crippen molar-refractivity contribution in [1.29, 1.82) is 0 Å². The molecule has 0 saturated carbocycles. The summed E-state index contributed by atoms with van der Waals surface area (Å²) in [5.74, 6) is 0. The maximum absolute atomic E-state index is 5.78. The van der Waals surface area contributed by atoms with E-state index in [-0.39, 0.29) is 0 Å². The normalized spacial score (nSPS) is 12.6. The van der Waals surface area contributed by atoms with E-state index >= 15 is 0 Å². The van der Waals surface area contributed by atoms with Crippen molar-refractivity contribution in [1.82, 2.24) is 0 Å². The zero-order chi connectivity index (χ0) is 19.8. The minimum atomic E-state index is 0.398. The summed E-state index contributed by atoms with van der Waals surface area (Å²) in [6.07, 6.45) is 33.2. The number of unbranched alkanes of at least 4 members (excludes halogenated alkanes) is 21. The summed E-state index contributed by atoms with van der Waals surface area (Å²) in [7, 11) is 0. The Balaban J connectivity index is 2.97. The van der Waals surface area contributed by atoms with Crippen molar-refractivity contribution < 1.29 is 0 Å². The Morgan fingerprint density at radius 1 is 0.407 bits per heavy atom. The molecule has 0 fully saturated rings. The number of rotatable bonds is 23. The molecule has 1 atom stereocenters. The Bertz CT molecular complexity index is 249. The van der Waals surface area contributed by atoms with Crippen molar-refractivity contribution in [2.24, 2.45) is 5.73 Å². The van der Waals surface area contributed by atoms with Gasteiger partial charge in [0.2, 0.25) is 0 Å². The molecule has 164 valence electrons. The van der Waals surface area contributed by atoms with Crippen LogP contribution in [-0.4, -0.2) is 6.04 Å². The molecule has 0 rings (SSSR count). The Kier molecular flexibility index (Phi) is 24.0. The topological polar surface area (TPSA) is 26.0 Å². The number of hydrogen-bond acceptors (Lipinski definition) is 1. The van der Waals surface area contributed by atoms with E-state index in [4.69, 9.17) is 5.73 Å². The summed E-state index contributed by atoms with van der Waals surface area (Å²) in [5.41, 5.74) is 5.78. The smallest absolute Gasteiger partial charge is 0.00104 e. The van der Waals surface area contributed by atoms with Crippen LogP contribution in [0.25, 0.3) is 0 Å². The predicted molar refractivity (Wildman–Crippen MR) is 126 cm³/mol. The SMILES string of the molecule is CCCCCCCCCCCCCCCCCCCCCCCCC(C)N. The van der Waals surface area contributed by atoms with E-state index in [9.17, 15) is 0 Å². The molecule has 0 aromatic heterocycles. The third kappa shape index (κ3) is 26.0. The van der Waals surface area contributed by atoms with Gasteiger partial charge in [-0.25, -0.2) is 0 Å². The highest BCUT2D eigenvalue weighted by Gasteiger charge is 1.96. The molecular formula is C26H55N. The number of nitrogens with two attached hydrogens (primary N) is 1. The van der Waals surface area contributed by atoms with Crippen LogP contribution in [0.1, 0.15) is 162 Å².